The van der Waals surface area contributed by atoms with Gasteiger partial charge in [0.1, 0.15) is 5.75 Å². The number of halogens is 1. The molecule has 0 unspecified atom stereocenters. The maximum absolute atomic E-state index is 15.0. The summed E-state index contributed by atoms with van der Waals surface area (Å²) < 4.78 is 31.5. The highest BCUT2D eigenvalue weighted by Gasteiger charge is 2.49. The summed E-state index contributed by atoms with van der Waals surface area (Å²) in [6, 6.07) is 10.3. The Morgan fingerprint density at radius 2 is 1.79 bits per heavy atom. The van der Waals surface area contributed by atoms with Crippen LogP contribution in [-0.2, 0) is 14.3 Å². The first kappa shape index (κ1) is 30.7. The number of hydrogen-bond acceptors (Lipinski definition) is 6. The van der Waals surface area contributed by atoms with Gasteiger partial charge in [-0.25, -0.2) is 9.38 Å². The zero-order chi connectivity index (χ0) is 30.7. The third-order valence-electron chi connectivity index (χ3n) is 9.09. The van der Waals surface area contributed by atoms with Gasteiger partial charge in [-0.15, -0.1) is 0 Å². The minimum atomic E-state index is -0.644. The van der Waals surface area contributed by atoms with Gasteiger partial charge in [-0.05, 0) is 93.4 Å². The molecule has 2 bridgehead atoms. The third-order valence-corrected chi connectivity index (χ3v) is 9.09. The van der Waals surface area contributed by atoms with Crippen molar-refractivity contribution in [1.29, 1.82) is 0 Å². The van der Waals surface area contributed by atoms with Crippen LogP contribution in [0.3, 0.4) is 0 Å². The van der Waals surface area contributed by atoms with Gasteiger partial charge in [0, 0.05) is 17.5 Å². The topological polar surface area (TPSA) is 103 Å². The van der Waals surface area contributed by atoms with Crippen LogP contribution < -0.4 is 14.8 Å². The number of hydrogen-bond donors (Lipinski definition) is 1. The van der Waals surface area contributed by atoms with E-state index in [0.717, 1.165) is 36.6 Å². The molecule has 5 rings (SSSR count). The number of aliphatic imine (C=N–C) groups is 1. The molecule has 3 aliphatic carbocycles. The van der Waals surface area contributed by atoms with E-state index in [2.05, 4.69) is 24.2 Å². The lowest BCUT2D eigenvalue weighted by Crippen LogP contribution is -2.34. The monoisotopic (exact) mass is 592 g/mol. The number of amides is 2. The van der Waals surface area contributed by atoms with Gasteiger partial charge in [0.2, 0.25) is 5.91 Å². The first-order chi connectivity index (χ1) is 20.7. The minimum absolute atomic E-state index is 0.0554. The molecule has 3 aliphatic rings. The van der Waals surface area contributed by atoms with E-state index in [0.29, 0.717) is 43.9 Å². The fraction of sp³-hybridized carbons (Fsp3) is 0.529. The highest BCUT2D eigenvalue weighted by Crippen LogP contribution is 2.47. The summed E-state index contributed by atoms with van der Waals surface area (Å²) in [7, 11) is 1.37. The zero-order valence-corrected chi connectivity index (χ0v) is 25.4. The van der Waals surface area contributed by atoms with Crippen molar-refractivity contribution in [3.05, 3.63) is 53.3 Å². The molecule has 230 valence electrons. The summed E-state index contributed by atoms with van der Waals surface area (Å²) in [6.45, 7) is 6.32. The second-order valence-electron chi connectivity index (χ2n) is 12.2. The lowest BCUT2D eigenvalue weighted by atomic mass is 9.86. The van der Waals surface area contributed by atoms with Gasteiger partial charge in [0.15, 0.2) is 11.6 Å². The fourth-order valence-corrected chi connectivity index (χ4v) is 6.78. The second kappa shape index (κ2) is 13.3. The van der Waals surface area contributed by atoms with Gasteiger partial charge < -0.3 is 19.5 Å². The molecule has 0 saturated heterocycles. The molecule has 0 aromatic heterocycles. The van der Waals surface area contributed by atoms with Gasteiger partial charge in [0.05, 0.1) is 37.2 Å². The largest absolute Gasteiger partial charge is 0.496 e. The Morgan fingerprint density at radius 1 is 1.02 bits per heavy atom. The summed E-state index contributed by atoms with van der Waals surface area (Å²) >= 11 is 0. The smallest absolute Gasteiger partial charge is 0.308 e. The van der Waals surface area contributed by atoms with Crippen molar-refractivity contribution >= 4 is 29.2 Å². The number of carbonyl (C=O) groups excluding carboxylic acids is 3. The van der Waals surface area contributed by atoms with Crippen LogP contribution in [0.5, 0.6) is 11.5 Å². The third kappa shape index (κ3) is 6.76. The van der Waals surface area contributed by atoms with E-state index >= 15 is 4.39 Å². The molecule has 3 atom stereocenters. The number of fused-ring (bicyclic) bond motifs is 2. The SMILES string of the molecule is CCOC(=O)C1CCC(Oc2cc(C(=O)N=C3[C@H]4CC[C@H](C4)[C@@H]3C(=O)Nc3cccc(C(C)C)c3)c(OC)cc2F)CC1. The fourth-order valence-electron chi connectivity index (χ4n) is 6.78. The summed E-state index contributed by atoms with van der Waals surface area (Å²) in [5, 5.41) is 3.05. The predicted octanol–water partition coefficient (Wildman–Crippen LogP) is 6.72. The number of ether oxygens (including phenoxy) is 3. The number of anilines is 1. The molecule has 0 heterocycles. The molecule has 0 spiro atoms. The number of rotatable bonds is 9. The second-order valence-corrected chi connectivity index (χ2v) is 12.2. The first-order valence-electron chi connectivity index (χ1n) is 15.4. The summed E-state index contributed by atoms with van der Waals surface area (Å²) in [5.41, 5.74) is 2.52. The van der Waals surface area contributed by atoms with Crippen molar-refractivity contribution in [3.8, 4) is 11.5 Å². The normalized spacial score (nSPS) is 25.5. The van der Waals surface area contributed by atoms with E-state index in [1.807, 2.05) is 24.3 Å². The van der Waals surface area contributed by atoms with E-state index in [4.69, 9.17) is 14.2 Å². The predicted molar refractivity (Wildman–Crippen MR) is 161 cm³/mol. The van der Waals surface area contributed by atoms with Crippen molar-refractivity contribution in [2.75, 3.05) is 19.0 Å². The molecule has 3 saturated carbocycles. The van der Waals surface area contributed by atoms with Crippen LogP contribution in [0.2, 0.25) is 0 Å². The summed E-state index contributed by atoms with van der Waals surface area (Å²) in [4.78, 5) is 43.7. The molecule has 8 nitrogen and oxygen atoms in total. The molecule has 2 amide bonds. The van der Waals surface area contributed by atoms with Gasteiger partial charge >= 0.3 is 5.97 Å². The van der Waals surface area contributed by atoms with Crippen LogP contribution in [0.25, 0.3) is 0 Å². The quantitative estimate of drug-likeness (QED) is 0.324. The summed E-state index contributed by atoms with van der Waals surface area (Å²) in [5.74, 6) is -1.77. The Labute approximate surface area is 252 Å². The number of esters is 1. The van der Waals surface area contributed by atoms with Crippen molar-refractivity contribution < 1.29 is 33.0 Å². The highest BCUT2D eigenvalue weighted by molar-refractivity contribution is 6.16. The minimum Gasteiger partial charge on any atom is -0.496 e. The van der Waals surface area contributed by atoms with Crippen LogP contribution in [0.1, 0.15) is 87.6 Å². The van der Waals surface area contributed by atoms with Crippen molar-refractivity contribution in [1.82, 2.24) is 0 Å². The molecule has 0 aliphatic heterocycles. The van der Waals surface area contributed by atoms with Crippen LogP contribution in [0.15, 0.2) is 41.4 Å². The van der Waals surface area contributed by atoms with E-state index in [-0.39, 0.29) is 52.8 Å². The Hall–Kier alpha value is -3.75. The van der Waals surface area contributed by atoms with Crippen molar-refractivity contribution in [2.45, 2.75) is 77.7 Å². The van der Waals surface area contributed by atoms with Gasteiger partial charge in [-0.3, -0.25) is 14.4 Å². The van der Waals surface area contributed by atoms with Crippen molar-refractivity contribution in [3.63, 3.8) is 0 Å². The maximum atomic E-state index is 15.0. The molecular formula is C34H41FN2O6. The molecule has 1 N–H and O–H groups in total. The average Bonchev–Trinajstić information content (AvgIpc) is 3.60. The Bertz CT molecular complexity index is 1400. The molecule has 3 fully saturated rings. The van der Waals surface area contributed by atoms with Crippen LogP contribution in [0, 0.1) is 29.5 Å². The molecular weight excluding hydrogens is 551 g/mol. The lowest BCUT2D eigenvalue weighted by Gasteiger charge is -2.28. The average molecular weight is 593 g/mol. The number of nitrogens with zero attached hydrogens (tertiary/aromatic N) is 1. The van der Waals surface area contributed by atoms with Crippen LogP contribution >= 0.6 is 0 Å². The number of nitrogens with one attached hydrogen (secondary N) is 1. The molecule has 2 aromatic carbocycles. The van der Waals surface area contributed by atoms with Crippen molar-refractivity contribution in [2.24, 2.45) is 28.7 Å². The van der Waals surface area contributed by atoms with Crippen LogP contribution in [0.4, 0.5) is 10.1 Å². The summed E-state index contributed by atoms with van der Waals surface area (Å²) in [6.07, 6.45) is 4.64. The first-order valence-corrected chi connectivity index (χ1v) is 15.4. The Balaban J connectivity index is 1.34. The number of benzene rings is 2. The Morgan fingerprint density at radius 3 is 2.49 bits per heavy atom. The van der Waals surface area contributed by atoms with E-state index in [1.165, 1.54) is 13.2 Å². The van der Waals surface area contributed by atoms with E-state index in [1.54, 1.807) is 6.92 Å². The van der Waals surface area contributed by atoms with Gasteiger partial charge in [-0.2, -0.15) is 0 Å². The van der Waals surface area contributed by atoms with Gasteiger partial charge in [-0.1, -0.05) is 26.0 Å². The standard InChI is InChI=1S/C34H41FN2O6/c1-5-42-34(40)20-11-13-25(14-12-20)43-29-17-26(28(41-4)18-27(29)35)32(38)37-31-23-10-9-22(15-23)30(31)33(39)36-24-8-6-7-21(16-24)19(2)3/h6-8,16-20,22-23,25,30H,5,9-15H2,1-4H3,(H,36,39)/t20?,22-,23+,25?,30+/m1/s1. The molecule has 9 heteroatoms. The lowest BCUT2D eigenvalue weighted by molar-refractivity contribution is -0.149. The number of carbonyl (C=O) groups is 3. The molecule has 2 aromatic rings. The highest BCUT2D eigenvalue weighted by atomic mass is 19.1. The zero-order valence-electron chi connectivity index (χ0n) is 25.4. The van der Waals surface area contributed by atoms with Crippen LogP contribution in [-0.4, -0.2) is 43.3 Å². The van der Waals surface area contributed by atoms with E-state index in [9.17, 15) is 14.4 Å². The molecule has 0 radical (unpaired) electrons. The maximum Gasteiger partial charge on any atom is 0.308 e. The van der Waals surface area contributed by atoms with E-state index < -0.39 is 17.6 Å². The molecule has 43 heavy (non-hydrogen) atoms. The Kier molecular flexibility index (Phi) is 9.47. The number of methoxy groups -OCH3 is 1. The van der Waals surface area contributed by atoms with Gasteiger partial charge in [0.25, 0.3) is 5.91 Å².